The molecule has 0 saturated carbocycles. The highest BCUT2D eigenvalue weighted by Crippen LogP contribution is 2.46. The summed E-state index contributed by atoms with van der Waals surface area (Å²) in [5.41, 5.74) is 4.94. The predicted octanol–water partition coefficient (Wildman–Crippen LogP) is 6.88. The number of aromatic nitrogens is 2. The summed E-state index contributed by atoms with van der Waals surface area (Å²) in [6.45, 7) is 1.18. The fourth-order valence-electron chi connectivity index (χ4n) is 4.66. The molecular weight excluding hydrogens is 530 g/mol. The second-order valence-corrected chi connectivity index (χ2v) is 10.9. The Balaban J connectivity index is 1.58. The number of hydrogen-bond donors (Lipinski definition) is 2. The molecule has 0 fully saturated rings. The van der Waals surface area contributed by atoms with Crippen molar-refractivity contribution < 1.29 is 9.53 Å². The number of hydrogen-bond acceptors (Lipinski definition) is 7. The molecule has 3 aromatic carbocycles. The minimum Gasteiger partial charge on any atom is -0.382 e. The number of nitrogens with zero attached hydrogens (tertiary/aromatic N) is 3. The van der Waals surface area contributed by atoms with Gasteiger partial charge in [0.25, 0.3) is 0 Å². The van der Waals surface area contributed by atoms with E-state index >= 15 is 0 Å². The minimum atomic E-state index is -0.161. The first-order valence-electron chi connectivity index (χ1n) is 13.4. The molecule has 1 atom stereocenters. The predicted molar refractivity (Wildman–Crippen MR) is 169 cm³/mol. The number of likely N-dealkylation sites (N-methyl/N-ethyl adjacent to an activating group) is 1. The molecule has 0 aliphatic rings. The van der Waals surface area contributed by atoms with Crippen LogP contribution >= 0.6 is 11.3 Å². The van der Waals surface area contributed by atoms with Crippen molar-refractivity contribution >= 4 is 39.0 Å². The maximum absolute atomic E-state index is 12.5. The second kappa shape index (κ2) is 13.3. The van der Waals surface area contributed by atoms with E-state index in [9.17, 15) is 4.79 Å². The van der Waals surface area contributed by atoms with Crippen LogP contribution in [-0.4, -0.2) is 55.1 Å². The Bertz CT molecular complexity index is 1630. The van der Waals surface area contributed by atoms with E-state index in [-0.39, 0.29) is 11.9 Å². The third kappa shape index (κ3) is 6.86. The number of rotatable bonds is 11. The summed E-state index contributed by atoms with van der Waals surface area (Å²) >= 11 is 1.61. The van der Waals surface area contributed by atoms with E-state index in [2.05, 4.69) is 45.9 Å². The van der Waals surface area contributed by atoms with Crippen molar-refractivity contribution in [2.45, 2.75) is 6.04 Å². The van der Waals surface area contributed by atoms with Gasteiger partial charge >= 0.3 is 0 Å². The molecule has 7 nitrogen and oxygen atoms in total. The normalized spacial score (nSPS) is 12.2. The Morgan fingerprint density at radius 1 is 0.976 bits per heavy atom. The summed E-state index contributed by atoms with van der Waals surface area (Å²) in [5.74, 6) is 0.587. The quantitative estimate of drug-likeness (QED) is 0.171. The number of carbonyl (C=O) groups excluding carboxylic acids is 1. The maximum atomic E-state index is 12.5. The Morgan fingerprint density at radius 3 is 2.44 bits per heavy atom. The van der Waals surface area contributed by atoms with Gasteiger partial charge in [0.1, 0.15) is 17.0 Å². The van der Waals surface area contributed by atoms with Crippen LogP contribution in [0.3, 0.4) is 0 Å². The van der Waals surface area contributed by atoms with Crippen molar-refractivity contribution in [3.63, 3.8) is 0 Å². The standard InChI is InChI=1S/C33H33N5O2S/c1-38(2)19-11-18-28(39)36-26-17-10-16-25(20-26)31-29(24-14-8-5-9-15-24)30-32(34-22-35-33(30)41-31)37-27(21-40-3)23-12-6-4-7-13-23/h4-18,20,22,27H,19,21H2,1-3H3,(H,36,39)(H,34,35,37)/b18-11+/t27-/m1/s1. The molecule has 208 valence electrons. The molecule has 8 heteroatoms. The van der Waals surface area contributed by atoms with Crippen LogP contribution in [0.15, 0.2) is 103 Å². The number of carbonyl (C=O) groups is 1. The van der Waals surface area contributed by atoms with Gasteiger partial charge < -0.3 is 20.3 Å². The monoisotopic (exact) mass is 563 g/mol. The van der Waals surface area contributed by atoms with Crippen LogP contribution in [0, 0.1) is 0 Å². The largest absolute Gasteiger partial charge is 0.382 e. The fraction of sp³-hybridized carbons (Fsp3) is 0.182. The highest BCUT2D eigenvalue weighted by Gasteiger charge is 2.22. The van der Waals surface area contributed by atoms with Crippen LogP contribution < -0.4 is 10.6 Å². The molecule has 5 rings (SSSR count). The van der Waals surface area contributed by atoms with Crippen molar-refractivity contribution in [2.75, 3.05) is 45.0 Å². The van der Waals surface area contributed by atoms with Crippen LogP contribution in [0.2, 0.25) is 0 Å². The summed E-state index contributed by atoms with van der Waals surface area (Å²) in [6, 6.07) is 28.4. The smallest absolute Gasteiger partial charge is 0.248 e. The molecule has 2 heterocycles. The first-order chi connectivity index (χ1) is 20.0. The molecule has 0 saturated heterocycles. The fourth-order valence-corrected chi connectivity index (χ4v) is 5.82. The summed E-state index contributed by atoms with van der Waals surface area (Å²) in [6.07, 6.45) is 5.02. The van der Waals surface area contributed by atoms with Crippen LogP contribution in [0.25, 0.3) is 31.8 Å². The number of amides is 1. The molecule has 0 aliphatic carbocycles. The van der Waals surface area contributed by atoms with E-state index in [1.807, 2.05) is 79.7 Å². The zero-order valence-electron chi connectivity index (χ0n) is 23.4. The second-order valence-electron chi connectivity index (χ2n) is 9.87. The van der Waals surface area contributed by atoms with Crippen molar-refractivity contribution in [2.24, 2.45) is 0 Å². The summed E-state index contributed by atoms with van der Waals surface area (Å²) in [5, 5.41) is 7.59. The summed E-state index contributed by atoms with van der Waals surface area (Å²) in [4.78, 5) is 25.8. The zero-order valence-corrected chi connectivity index (χ0v) is 24.2. The zero-order chi connectivity index (χ0) is 28.6. The van der Waals surface area contributed by atoms with Gasteiger partial charge in [0.15, 0.2) is 0 Å². The van der Waals surface area contributed by atoms with Crippen molar-refractivity contribution in [1.29, 1.82) is 0 Å². The van der Waals surface area contributed by atoms with Gasteiger partial charge in [-0.3, -0.25) is 4.79 Å². The topological polar surface area (TPSA) is 79.4 Å². The first-order valence-corrected chi connectivity index (χ1v) is 14.2. The van der Waals surface area contributed by atoms with E-state index in [4.69, 9.17) is 9.72 Å². The number of anilines is 2. The molecule has 1 amide bonds. The van der Waals surface area contributed by atoms with Gasteiger partial charge in [-0.05, 0) is 42.9 Å². The van der Waals surface area contributed by atoms with Gasteiger partial charge in [-0.25, -0.2) is 9.97 Å². The van der Waals surface area contributed by atoms with Gasteiger partial charge in [-0.2, -0.15) is 0 Å². The molecule has 0 radical (unpaired) electrons. The maximum Gasteiger partial charge on any atom is 0.248 e. The molecule has 2 aromatic heterocycles. The highest BCUT2D eigenvalue weighted by atomic mass is 32.1. The lowest BCUT2D eigenvalue weighted by Gasteiger charge is -2.20. The van der Waals surface area contributed by atoms with E-state index < -0.39 is 0 Å². The number of fused-ring (bicyclic) bond motifs is 1. The van der Waals surface area contributed by atoms with Crippen LogP contribution in [0.5, 0.6) is 0 Å². The third-order valence-corrected chi connectivity index (χ3v) is 7.68. The highest BCUT2D eigenvalue weighted by molar-refractivity contribution is 7.22. The van der Waals surface area contributed by atoms with Crippen molar-refractivity contribution in [1.82, 2.24) is 14.9 Å². The Hall–Kier alpha value is -4.37. The molecule has 41 heavy (non-hydrogen) atoms. The molecular formula is C33H33N5O2S. The molecule has 0 unspecified atom stereocenters. The molecule has 0 spiro atoms. The van der Waals surface area contributed by atoms with Crippen molar-refractivity contribution in [3.8, 4) is 21.6 Å². The molecule has 5 aromatic rings. The minimum absolute atomic E-state index is 0.0923. The van der Waals surface area contributed by atoms with E-state index in [0.29, 0.717) is 13.2 Å². The lowest BCUT2D eigenvalue weighted by Crippen LogP contribution is -2.17. The van der Waals surface area contributed by atoms with Crippen molar-refractivity contribution in [3.05, 3.63) is 109 Å². The van der Waals surface area contributed by atoms with Gasteiger partial charge in [-0.15, -0.1) is 11.3 Å². The number of thiophene rings is 1. The van der Waals surface area contributed by atoms with Gasteiger partial charge in [0, 0.05) is 35.9 Å². The van der Waals surface area contributed by atoms with Gasteiger partial charge in [0.05, 0.1) is 18.0 Å². The molecule has 2 N–H and O–H groups in total. The lowest BCUT2D eigenvalue weighted by molar-refractivity contribution is -0.111. The van der Waals surface area contributed by atoms with E-state index in [1.165, 1.54) is 0 Å². The van der Waals surface area contributed by atoms with Gasteiger partial charge in [-0.1, -0.05) is 78.9 Å². The Kier molecular flexibility index (Phi) is 9.15. The third-order valence-electron chi connectivity index (χ3n) is 6.53. The Labute approximate surface area is 244 Å². The summed E-state index contributed by atoms with van der Waals surface area (Å²) in [7, 11) is 5.63. The van der Waals surface area contributed by atoms with Crippen LogP contribution in [0.1, 0.15) is 11.6 Å². The Morgan fingerprint density at radius 2 is 1.71 bits per heavy atom. The van der Waals surface area contributed by atoms with Crippen LogP contribution in [-0.2, 0) is 9.53 Å². The molecule has 0 bridgehead atoms. The average Bonchev–Trinajstić information content (AvgIpc) is 3.38. The van der Waals surface area contributed by atoms with E-state index in [0.717, 1.165) is 48.9 Å². The molecule has 0 aliphatic heterocycles. The van der Waals surface area contributed by atoms with Crippen LogP contribution in [0.4, 0.5) is 11.5 Å². The number of nitrogens with one attached hydrogen (secondary N) is 2. The van der Waals surface area contributed by atoms with E-state index in [1.54, 1.807) is 30.8 Å². The number of ether oxygens (including phenoxy) is 1. The number of methoxy groups -OCH3 is 1. The summed E-state index contributed by atoms with van der Waals surface area (Å²) < 4.78 is 5.57. The lowest BCUT2D eigenvalue weighted by atomic mass is 9.99. The SMILES string of the molecule is COC[C@@H](Nc1ncnc2sc(-c3cccc(NC(=O)/C=C/CN(C)C)c3)c(-c3ccccc3)c12)c1ccccc1. The average molecular weight is 564 g/mol. The first kappa shape index (κ1) is 28.2. The number of benzene rings is 3. The van der Waals surface area contributed by atoms with Gasteiger partial charge in [0.2, 0.25) is 5.91 Å².